The Hall–Kier alpha value is -2.17. The fourth-order valence-electron chi connectivity index (χ4n) is 3.18. The molecule has 1 aliphatic rings. The van der Waals surface area contributed by atoms with Crippen molar-refractivity contribution < 1.29 is 19.0 Å². The Morgan fingerprint density at radius 1 is 0.960 bits per heavy atom. The molecule has 0 N–H and O–H groups in total. The van der Waals surface area contributed by atoms with Crippen LogP contribution in [0.5, 0.6) is 0 Å². The van der Waals surface area contributed by atoms with Crippen LogP contribution in [0.2, 0.25) is 0 Å². The molecule has 4 atom stereocenters. The highest BCUT2D eigenvalue weighted by Crippen LogP contribution is 2.42. The van der Waals surface area contributed by atoms with E-state index >= 15 is 0 Å². The molecule has 0 aliphatic carbocycles. The van der Waals surface area contributed by atoms with Crippen LogP contribution >= 0.6 is 0 Å². The summed E-state index contributed by atoms with van der Waals surface area (Å²) in [4.78, 5) is 12.0. The lowest BCUT2D eigenvalue weighted by molar-refractivity contribution is -0.274. The summed E-state index contributed by atoms with van der Waals surface area (Å²) in [5.41, 5.74) is 2.04. The molecular formula is C21H24O4. The summed E-state index contributed by atoms with van der Waals surface area (Å²) in [6.45, 7) is 4.25. The third-order valence-electron chi connectivity index (χ3n) is 4.51. The molecule has 1 saturated heterocycles. The molecule has 0 aromatic heterocycles. The Labute approximate surface area is 148 Å². The van der Waals surface area contributed by atoms with Gasteiger partial charge >= 0.3 is 5.97 Å². The second kappa shape index (κ2) is 8.28. The predicted octanol–water partition coefficient (Wildman–Crippen LogP) is 4.43. The van der Waals surface area contributed by atoms with Gasteiger partial charge in [-0.3, -0.25) is 4.79 Å². The highest BCUT2D eigenvalue weighted by atomic mass is 16.7. The van der Waals surface area contributed by atoms with E-state index in [1.54, 1.807) is 0 Å². The first-order valence-corrected chi connectivity index (χ1v) is 8.75. The van der Waals surface area contributed by atoms with Crippen molar-refractivity contribution in [3.05, 3.63) is 71.8 Å². The van der Waals surface area contributed by atoms with Crippen molar-refractivity contribution in [2.24, 2.45) is 5.92 Å². The Bertz CT molecular complexity index is 671. The minimum absolute atomic E-state index is 0.0340. The summed E-state index contributed by atoms with van der Waals surface area (Å²) >= 11 is 0. The molecule has 1 fully saturated rings. The highest BCUT2D eigenvalue weighted by Gasteiger charge is 2.39. The second-order valence-electron chi connectivity index (χ2n) is 6.25. The van der Waals surface area contributed by atoms with Crippen LogP contribution < -0.4 is 0 Å². The second-order valence-corrected chi connectivity index (χ2v) is 6.25. The van der Waals surface area contributed by atoms with Gasteiger partial charge in [0.15, 0.2) is 6.29 Å². The number of esters is 1. The maximum Gasteiger partial charge on any atom is 0.308 e. The third kappa shape index (κ3) is 4.27. The molecule has 132 valence electrons. The van der Waals surface area contributed by atoms with Crippen molar-refractivity contribution in [2.45, 2.75) is 38.8 Å². The Kier molecular flexibility index (Phi) is 5.84. The highest BCUT2D eigenvalue weighted by molar-refractivity contribution is 5.70. The van der Waals surface area contributed by atoms with Crippen molar-refractivity contribution in [1.29, 1.82) is 0 Å². The van der Waals surface area contributed by atoms with Crippen LogP contribution in [0.25, 0.3) is 0 Å². The average Bonchev–Trinajstić information content (AvgIpc) is 2.65. The largest absolute Gasteiger partial charge is 0.466 e. The molecule has 0 spiro atoms. The van der Waals surface area contributed by atoms with Gasteiger partial charge in [0, 0.05) is 11.5 Å². The number of rotatable bonds is 5. The summed E-state index contributed by atoms with van der Waals surface area (Å²) in [6.07, 6.45) is -0.671. The van der Waals surface area contributed by atoms with Gasteiger partial charge in [-0.05, 0) is 12.5 Å². The normalized spacial score (nSPS) is 26.2. The van der Waals surface area contributed by atoms with Gasteiger partial charge in [0.05, 0.1) is 25.2 Å². The number of ether oxygens (including phenoxy) is 3. The molecule has 0 radical (unpaired) electrons. The minimum Gasteiger partial charge on any atom is -0.466 e. The van der Waals surface area contributed by atoms with Crippen LogP contribution in [0.4, 0.5) is 0 Å². The molecule has 4 heteroatoms. The number of carbonyl (C=O) groups excluding carboxylic acids is 1. The maximum absolute atomic E-state index is 12.0. The van der Waals surface area contributed by atoms with E-state index in [1.165, 1.54) is 0 Å². The Balaban J connectivity index is 1.85. The summed E-state index contributed by atoms with van der Waals surface area (Å²) in [5.74, 6) is -0.202. The topological polar surface area (TPSA) is 44.8 Å². The summed E-state index contributed by atoms with van der Waals surface area (Å²) in [7, 11) is 0. The predicted molar refractivity (Wildman–Crippen MR) is 94.7 cm³/mol. The zero-order chi connectivity index (χ0) is 17.6. The molecule has 0 saturated carbocycles. The van der Waals surface area contributed by atoms with Crippen LogP contribution in [0.3, 0.4) is 0 Å². The summed E-state index contributed by atoms with van der Waals surface area (Å²) in [6, 6.07) is 19.9. The standard InChI is InChI=1S/C21H24O4/c1-3-23-19(22)14-18-15(2)20(16-10-6-4-7-11-16)25-21(24-18)17-12-8-5-9-13-17/h4-13,15,18,20-21H,3,14H2,1-2H3/t15-,18+,20+,21+/m0/s1. The molecule has 2 aromatic rings. The van der Waals surface area contributed by atoms with Crippen molar-refractivity contribution in [3.8, 4) is 0 Å². The monoisotopic (exact) mass is 340 g/mol. The number of benzene rings is 2. The van der Waals surface area contributed by atoms with E-state index in [4.69, 9.17) is 14.2 Å². The van der Waals surface area contributed by atoms with Gasteiger partial charge < -0.3 is 14.2 Å². The lowest BCUT2D eigenvalue weighted by Crippen LogP contribution is -2.38. The van der Waals surface area contributed by atoms with Crippen molar-refractivity contribution in [3.63, 3.8) is 0 Å². The molecule has 0 amide bonds. The van der Waals surface area contributed by atoms with Crippen molar-refractivity contribution >= 4 is 5.97 Å². The van der Waals surface area contributed by atoms with Crippen LogP contribution in [-0.2, 0) is 19.0 Å². The fraction of sp³-hybridized carbons (Fsp3) is 0.381. The molecule has 1 aliphatic heterocycles. The average molecular weight is 340 g/mol. The first-order chi connectivity index (χ1) is 12.2. The first kappa shape index (κ1) is 17.6. The SMILES string of the molecule is CCOC(=O)C[C@H]1O[C@@H](c2ccccc2)O[C@@H](c2ccccc2)[C@H]1C. The van der Waals surface area contributed by atoms with E-state index in [0.717, 1.165) is 11.1 Å². The van der Waals surface area contributed by atoms with E-state index in [-0.39, 0.29) is 30.5 Å². The number of hydrogen-bond acceptors (Lipinski definition) is 4. The lowest BCUT2D eigenvalue weighted by Gasteiger charge is -2.40. The van der Waals surface area contributed by atoms with Crippen LogP contribution in [0.15, 0.2) is 60.7 Å². The van der Waals surface area contributed by atoms with Crippen molar-refractivity contribution in [1.82, 2.24) is 0 Å². The molecular weight excluding hydrogens is 316 g/mol. The third-order valence-corrected chi connectivity index (χ3v) is 4.51. The van der Waals surface area contributed by atoms with Gasteiger partial charge in [0.2, 0.25) is 0 Å². The number of hydrogen-bond donors (Lipinski definition) is 0. The Morgan fingerprint density at radius 3 is 2.16 bits per heavy atom. The maximum atomic E-state index is 12.0. The van der Waals surface area contributed by atoms with Crippen LogP contribution in [0, 0.1) is 5.92 Å². The summed E-state index contributed by atoms with van der Waals surface area (Å²) in [5, 5.41) is 0. The van der Waals surface area contributed by atoms with E-state index in [1.807, 2.05) is 55.5 Å². The van der Waals surface area contributed by atoms with Gasteiger partial charge in [0.1, 0.15) is 0 Å². The Morgan fingerprint density at radius 2 is 1.56 bits per heavy atom. The van der Waals surface area contributed by atoms with E-state index in [9.17, 15) is 4.79 Å². The van der Waals surface area contributed by atoms with Gasteiger partial charge in [-0.15, -0.1) is 0 Å². The minimum atomic E-state index is -0.498. The molecule has 25 heavy (non-hydrogen) atoms. The van der Waals surface area contributed by atoms with Crippen molar-refractivity contribution in [2.75, 3.05) is 6.61 Å². The first-order valence-electron chi connectivity index (χ1n) is 8.75. The van der Waals surface area contributed by atoms with E-state index in [2.05, 4.69) is 19.1 Å². The fourth-order valence-corrected chi connectivity index (χ4v) is 3.18. The van der Waals surface area contributed by atoms with Gasteiger partial charge in [-0.2, -0.15) is 0 Å². The molecule has 4 nitrogen and oxygen atoms in total. The quantitative estimate of drug-likeness (QED) is 0.755. The van der Waals surface area contributed by atoms with E-state index in [0.29, 0.717) is 6.61 Å². The zero-order valence-corrected chi connectivity index (χ0v) is 14.6. The zero-order valence-electron chi connectivity index (χ0n) is 14.6. The molecule has 2 aromatic carbocycles. The summed E-state index contributed by atoms with van der Waals surface area (Å²) < 4.78 is 17.5. The lowest BCUT2D eigenvalue weighted by atomic mass is 9.89. The molecule has 0 unspecified atom stereocenters. The van der Waals surface area contributed by atoms with Crippen LogP contribution in [-0.4, -0.2) is 18.7 Å². The molecule has 0 bridgehead atoms. The van der Waals surface area contributed by atoms with Crippen LogP contribution in [0.1, 0.15) is 43.8 Å². The molecule has 3 rings (SSSR count). The number of carbonyl (C=O) groups is 1. The van der Waals surface area contributed by atoms with E-state index < -0.39 is 6.29 Å². The smallest absolute Gasteiger partial charge is 0.308 e. The van der Waals surface area contributed by atoms with Gasteiger partial charge in [-0.1, -0.05) is 67.6 Å². The molecule has 1 heterocycles. The van der Waals surface area contributed by atoms with Gasteiger partial charge in [0.25, 0.3) is 0 Å². The van der Waals surface area contributed by atoms with Gasteiger partial charge in [-0.25, -0.2) is 0 Å².